The molecule has 0 aromatic heterocycles. The van der Waals surface area contributed by atoms with Crippen molar-refractivity contribution in [3.63, 3.8) is 0 Å². The van der Waals surface area contributed by atoms with E-state index in [4.69, 9.17) is 9.47 Å². The molecule has 0 saturated carbocycles. The summed E-state index contributed by atoms with van der Waals surface area (Å²) in [6.07, 6.45) is 0. The summed E-state index contributed by atoms with van der Waals surface area (Å²) < 4.78 is 10.7. The quantitative estimate of drug-likeness (QED) is 0.910. The summed E-state index contributed by atoms with van der Waals surface area (Å²) in [5, 5.41) is 3.40. The van der Waals surface area contributed by atoms with Gasteiger partial charge in [0.25, 0.3) is 0 Å². The van der Waals surface area contributed by atoms with E-state index >= 15 is 0 Å². The van der Waals surface area contributed by atoms with Crippen molar-refractivity contribution in [3.05, 3.63) is 58.7 Å². The second-order valence-corrected chi connectivity index (χ2v) is 5.13. The molecule has 0 radical (unpaired) electrons. The Morgan fingerprint density at radius 2 is 1.67 bits per heavy atom. The van der Waals surface area contributed by atoms with E-state index in [-0.39, 0.29) is 6.04 Å². The molecule has 0 aliphatic rings. The van der Waals surface area contributed by atoms with Gasteiger partial charge in [-0.2, -0.15) is 0 Å². The van der Waals surface area contributed by atoms with Gasteiger partial charge in [0.05, 0.1) is 20.3 Å². The number of methoxy groups -OCH3 is 2. The number of nitrogens with one attached hydrogen (secondary N) is 1. The van der Waals surface area contributed by atoms with E-state index in [1.807, 2.05) is 19.2 Å². The molecule has 1 N–H and O–H groups in total. The number of ether oxygens (including phenoxy) is 2. The van der Waals surface area contributed by atoms with Crippen molar-refractivity contribution in [2.45, 2.75) is 19.9 Å². The second-order valence-electron chi connectivity index (χ2n) is 5.13. The van der Waals surface area contributed by atoms with Crippen molar-refractivity contribution in [3.8, 4) is 11.5 Å². The number of benzene rings is 2. The van der Waals surface area contributed by atoms with Crippen LogP contribution in [0.2, 0.25) is 0 Å². The average molecular weight is 285 g/mol. The summed E-state index contributed by atoms with van der Waals surface area (Å²) in [5.41, 5.74) is 5.05. The molecule has 3 nitrogen and oxygen atoms in total. The lowest BCUT2D eigenvalue weighted by Crippen LogP contribution is -2.19. The molecule has 2 aromatic rings. The molecule has 0 heterocycles. The topological polar surface area (TPSA) is 30.5 Å². The zero-order valence-corrected chi connectivity index (χ0v) is 13.4. The molecule has 0 bridgehead atoms. The molecule has 3 heteroatoms. The molecule has 2 aromatic carbocycles. The van der Waals surface area contributed by atoms with Crippen LogP contribution in [0, 0.1) is 13.8 Å². The van der Waals surface area contributed by atoms with Gasteiger partial charge in [0.2, 0.25) is 0 Å². The third kappa shape index (κ3) is 3.03. The Hall–Kier alpha value is -2.00. The molecule has 0 aliphatic heterocycles. The van der Waals surface area contributed by atoms with E-state index < -0.39 is 0 Å². The first kappa shape index (κ1) is 15.4. The van der Waals surface area contributed by atoms with Crippen LogP contribution in [-0.2, 0) is 0 Å². The third-order valence-corrected chi connectivity index (χ3v) is 3.99. The minimum Gasteiger partial charge on any atom is -0.493 e. The molecule has 2 rings (SSSR count). The highest BCUT2D eigenvalue weighted by Gasteiger charge is 2.17. The van der Waals surface area contributed by atoms with E-state index in [1.54, 1.807) is 14.2 Å². The Kier molecular flexibility index (Phi) is 4.86. The molecular weight excluding hydrogens is 262 g/mol. The largest absolute Gasteiger partial charge is 0.493 e. The van der Waals surface area contributed by atoms with E-state index in [9.17, 15) is 0 Å². The van der Waals surface area contributed by atoms with Crippen molar-refractivity contribution in [2.75, 3.05) is 21.3 Å². The van der Waals surface area contributed by atoms with E-state index in [2.05, 4.69) is 43.4 Å². The van der Waals surface area contributed by atoms with Crippen LogP contribution in [0.25, 0.3) is 0 Å². The van der Waals surface area contributed by atoms with Gasteiger partial charge in [-0.3, -0.25) is 0 Å². The lowest BCUT2D eigenvalue weighted by Gasteiger charge is -2.21. The fourth-order valence-electron chi connectivity index (χ4n) is 2.62. The molecule has 21 heavy (non-hydrogen) atoms. The first-order chi connectivity index (χ1) is 10.1. The molecular formula is C18H23NO2. The normalized spacial score (nSPS) is 12.0. The molecule has 112 valence electrons. The van der Waals surface area contributed by atoms with Crippen LogP contribution in [0.3, 0.4) is 0 Å². The van der Waals surface area contributed by atoms with Crippen LogP contribution in [0.15, 0.2) is 36.4 Å². The van der Waals surface area contributed by atoms with E-state index in [0.29, 0.717) is 0 Å². The molecule has 1 atom stereocenters. The number of hydrogen-bond donors (Lipinski definition) is 1. The smallest absolute Gasteiger partial charge is 0.161 e. The van der Waals surface area contributed by atoms with Crippen LogP contribution in [0.5, 0.6) is 11.5 Å². The summed E-state index contributed by atoms with van der Waals surface area (Å²) in [6, 6.07) is 12.6. The Labute approximate surface area is 126 Å². The van der Waals surface area contributed by atoms with Gasteiger partial charge in [-0.25, -0.2) is 0 Å². The van der Waals surface area contributed by atoms with Gasteiger partial charge < -0.3 is 14.8 Å². The van der Waals surface area contributed by atoms with Crippen molar-refractivity contribution in [2.24, 2.45) is 0 Å². The molecule has 0 saturated heterocycles. The Balaban J connectivity index is 2.49. The van der Waals surface area contributed by atoms with E-state index in [1.165, 1.54) is 16.7 Å². The Morgan fingerprint density at radius 3 is 2.29 bits per heavy atom. The number of aryl methyl sites for hydroxylation is 1. The molecule has 0 fully saturated rings. The van der Waals surface area contributed by atoms with Crippen LogP contribution in [0.1, 0.15) is 28.3 Å². The van der Waals surface area contributed by atoms with Gasteiger partial charge >= 0.3 is 0 Å². The monoisotopic (exact) mass is 285 g/mol. The molecule has 0 spiro atoms. The van der Waals surface area contributed by atoms with Crippen molar-refractivity contribution < 1.29 is 9.47 Å². The summed E-state index contributed by atoms with van der Waals surface area (Å²) in [4.78, 5) is 0. The highest BCUT2D eigenvalue weighted by atomic mass is 16.5. The first-order valence-corrected chi connectivity index (χ1v) is 7.07. The van der Waals surface area contributed by atoms with Gasteiger partial charge in [-0.15, -0.1) is 0 Å². The predicted molar refractivity (Wildman–Crippen MR) is 86.4 cm³/mol. The first-order valence-electron chi connectivity index (χ1n) is 7.07. The molecule has 0 aliphatic carbocycles. The fourth-order valence-corrected chi connectivity index (χ4v) is 2.62. The second kappa shape index (κ2) is 6.64. The standard InChI is InChI=1S/C18H23NO2/c1-12-7-6-8-15(13(12)2)18(19-3)14-9-10-16(20-4)17(11-14)21-5/h6-11,18-19H,1-5H3. The highest BCUT2D eigenvalue weighted by molar-refractivity contribution is 5.47. The van der Waals surface area contributed by atoms with Crippen molar-refractivity contribution in [1.29, 1.82) is 0 Å². The highest BCUT2D eigenvalue weighted by Crippen LogP contribution is 2.33. The van der Waals surface area contributed by atoms with Crippen LogP contribution < -0.4 is 14.8 Å². The number of hydrogen-bond acceptors (Lipinski definition) is 3. The zero-order valence-electron chi connectivity index (χ0n) is 13.4. The van der Waals surface area contributed by atoms with Crippen LogP contribution in [0.4, 0.5) is 0 Å². The summed E-state index contributed by atoms with van der Waals surface area (Å²) in [7, 11) is 5.29. The maximum atomic E-state index is 5.41. The van der Waals surface area contributed by atoms with Gasteiger partial charge in [0, 0.05) is 0 Å². The number of rotatable bonds is 5. The van der Waals surface area contributed by atoms with Gasteiger partial charge in [0.1, 0.15) is 0 Å². The Morgan fingerprint density at radius 1 is 0.952 bits per heavy atom. The molecule has 1 unspecified atom stereocenters. The zero-order chi connectivity index (χ0) is 15.4. The average Bonchev–Trinajstić information content (AvgIpc) is 2.51. The minimum atomic E-state index is 0.129. The predicted octanol–water partition coefficient (Wildman–Crippen LogP) is 3.63. The van der Waals surface area contributed by atoms with Gasteiger partial charge in [0.15, 0.2) is 11.5 Å². The maximum absolute atomic E-state index is 5.41. The summed E-state index contributed by atoms with van der Waals surface area (Å²) in [5.74, 6) is 1.50. The van der Waals surface area contributed by atoms with Crippen LogP contribution in [-0.4, -0.2) is 21.3 Å². The Bertz CT molecular complexity index is 623. The fraction of sp³-hybridized carbons (Fsp3) is 0.333. The summed E-state index contributed by atoms with van der Waals surface area (Å²) >= 11 is 0. The summed E-state index contributed by atoms with van der Waals surface area (Å²) in [6.45, 7) is 4.30. The van der Waals surface area contributed by atoms with Gasteiger partial charge in [-0.1, -0.05) is 24.3 Å². The van der Waals surface area contributed by atoms with Crippen LogP contribution >= 0.6 is 0 Å². The van der Waals surface area contributed by atoms with Crippen molar-refractivity contribution >= 4 is 0 Å². The van der Waals surface area contributed by atoms with Crippen molar-refractivity contribution in [1.82, 2.24) is 5.32 Å². The maximum Gasteiger partial charge on any atom is 0.161 e. The molecule has 0 amide bonds. The third-order valence-electron chi connectivity index (χ3n) is 3.99. The lowest BCUT2D eigenvalue weighted by atomic mass is 9.92. The van der Waals surface area contributed by atoms with E-state index in [0.717, 1.165) is 17.1 Å². The SMILES string of the molecule is CNC(c1ccc(OC)c(OC)c1)c1cccc(C)c1C. The van der Waals surface area contributed by atoms with Gasteiger partial charge in [-0.05, 0) is 55.3 Å². The lowest BCUT2D eigenvalue weighted by molar-refractivity contribution is 0.354. The minimum absolute atomic E-state index is 0.129.